The first kappa shape index (κ1) is 23.1. The van der Waals surface area contributed by atoms with Gasteiger partial charge in [0.2, 0.25) is 5.95 Å². The molecule has 8 nitrogen and oxygen atoms in total. The molecule has 34 heavy (non-hydrogen) atoms. The number of hydrogen-bond donors (Lipinski definition) is 2. The second-order valence-electron chi connectivity index (χ2n) is 9.46. The van der Waals surface area contributed by atoms with Crippen LogP contribution in [0.1, 0.15) is 63.1 Å². The molecule has 4 heterocycles. The Morgan fingerprint density at radius 3 is 2.71 bits per heavy atom. The molecular weight excluding hydrogens is 449 g/mol. The van der Waals surface area contributed by atoms with Crippen molar-refractivity contribution in [2.24, 2.45) is 0 Å². The third kappa shape index (κ3) is 4.90. The van der Waals surface area contributed by atoms with Gasteiger partial charge >= 0.3 is 6.18 Å². The summed E-state index contributed by atoms with van der Waals surface area (Å²) in [6, 6.07) is 1.44. The molecule has 1 aliphatic carbocycles. The van der Waals surface area contributed by atoms with Gasteiger partial charge in [-0.25, -0.2) is 9.50 Å². The van der Waals surface area contributed by atoms with E-state index in [1.807, 2.05) is 17.1 Å². The highest BCUT2D eigenvalue weighted by molar-refractivity contribution is 5.81. The van der Waals surface area contributed by atoms with E-state index in [4.69, 9.17) is 4.74 Å². The Morgan fingerprint density at radius 1 is 1.21 bits per heavy atom. The van der Waals surface area contributed by atoms with Crippen molar-refractivity contribution in [1.29, 1.82) is 0 Å². The van der Waals surface area contributed by atoms with E-state index in [0.717, 1.165) is 48.2 Å². The molecule has 0 amide bonds. The van der Waals surface area contributed by atoms with E-state index < -0.39 is 18.6 Å². The lowest BCUT2D eigenvalue weighted by atomic mass is 9.85. The Kier molecular flexibility index (Phi) is 6.24. The minimum absolute atomic E-state index is 0.155. The maximum atomic E-state index is 12.8. The zero-order valence-corrected chi connectivity index (χ0v) is 19.0. The summed E-state index contributed by atoms with van der Waals surface area (Å²) in [5, 5.41) is 21.9. The number of halogens is 3. The number of fused-ring (bicyclic) bond motifs is 1. The number of aromatic nitrogens is 5. The third-order valence-electron chi connectivity index (χ3n) is 6.77. The quantitative estimate of drug-likeness (QED) is 0.548. The highest BCUT2D eigenvalue weighted by atomic mass is 19.4. The molecule has 0 bridgehead atoms. The SMILES string of the molecule is C[C@@H](CC(F)(F)F)Nc1ncc2c(-c3cnn([C@H]4CCOC4)c3)cc([C@H]3CC[C@H](O)CC3)n2n1. The van der Waals surface area contributed by atoms with Crippen molar-refractivity contribution in [1.82, 2.24) is 24.4 Å². The minimum atomic E-state index is -4.27. The van der Waals surface area contributed by atoms with E-state index in [2.05, 4.69) is 26.6 Å². The van der Waals surface area contributed by atoms with Gasteiger partial charge in [0.15, 0.2) is 0 Å². The summed E-state index contributed by atoms with van der Waals surface area (Å²) < 4.78 is 47.6. The summed E-state index contributed by atoms with van der Waals surface area (Å²) in [7, 11) is 0. The van der Waals surface area contributed by atoms with E-state index in [0.29, 0.717) is 19.4 Å². The van der Waals surface area contributed by atoms with Crippen LogP contribution in [0.4, 0.5) is 19.1 Å². The van der Waals surface area contributed by atoms with Gasteiger partial charge in [0, 0.05) is 41.6 Å². The van der Waals surface area contributed by atoms with Crippen LogP contribution in [-0.4, -0.2) is 61.0 Å². The minimum Gasteiger partial charge on any atom is -0.393 e. The average Bonchev–Trinajstić information content (AvgIpc) is 3.52. The van der Waals surface area contributed by atoms with Crippen LogP contribution in [0.3, 0.4) is 0 Å². The molecule has 1 saturated carbocycles. The van der Waals surface area contributed by atoms with Crippen LogP contribution in [0.25, 0.3) is 16.6 Å². The number of anilines is 1. The van der Waals surface area contributed by atoms with Crippen molar-refractivity contribution in [2.45, 2.75) is 75.7 Å². The van der Waals surface area contributed by atoms with Gasteiger partial charge in [-0.05, 0) is 45.1 Å². The fourth-order valence-electron chi connectivity index (χ4n) is 5.00. The smallest absolute Gasteiger partial charge is 0.391 e. The first-order valence-corrected chi connectivity index (χ1v) is 11.8. The molecule has 2 atom stereocenters. The molecule has 2 fully saturated rings. The first-order chi connectivity index (χ1) is 16.3. The number of aliphatic hydroxyl groups excluding tert-OH is 1. The fourth-order valence-corrected chi connectivity index (χ4v) is 5.00. The van der Waals surface area contributed by atoms with Gasteiger partial charge in [-0.15, -0.1) is 5.10 Å². The highest BCUT2D eigenvalue weighted by Crippen LogP contribution is 2.38. The molecule has 184 valence electrons. The maximum Gasteiger partial charge on any atom is 0.391 e. The van der Waals surface area contributed by atoms with Crippen LogP contribution >= 0.6 is 0 Å². The number of nitrogens with zero attached hydrogens (tertiary/aromatic N) is 5. The van der Waals surface area contributed by atoms with Gasteiger partial charge in [-0.2, -0.15) is 18.3 Å². The van der Waals surface area contributed by atoms with Gasteiger partial charge in [-0.3, -0.25) is 4.68 Å². The van der Waals surface area contributed by atoms with Gasteiger partial charge in [0.05, 0.1) is 43.1 Å². The number of nitrogens with one attached hydrogen (secondary N) is 1. The van der Waals surface area contributed by atoms with Crippen LogP contribution in [0.2, 0.25) is 0 Å². The molecule has 3 aromatic rings. The highest BCUT2D eigenvalue weighted by Gasteiger charge is 2.31. The number of rotatable bonds is 6. The Hall–Kier alpha value is -2.66. The molecule has 0 radical (unpaired) electrons. The summed E-state index contributed by atoms with van der Waals surface area (Å²) in [5.74, 6) is 0.348. The fraction of sp³-hybridized carbons (Fsp3) is 0.609. The van der Waals surface area contributed by atoms with Crippen LogP contribution in [-0.2, 0) is 4.74 Å². The molecule has 3 aromatic heterocycles. The van der Waals surface area contributed by atoms with Crippen molar-refractivity contribution in [3.63, 3.8) is 0 Å². The predicted octanol–water partition coefficient (Wildman–Crippen LogP) is 4.33. The van der Waals surface area contributed by atoms with Crippen LogP contribution in [0.15, 0.2) is 24.7 Å². The Balaban J connectivity index is 1.50. The monoisotopic (exact) mass is 478 g/mol. The Bertz CT molecular complexity index is 1130. The summed E-state index contributed by atoms with van der Waals surface area (Å²) in [5.41, 5.74) is 3.61. The number of ether oxygens (including phenoxy) is 1. The van der Waals surface area contributed by atoms with E-state index in [9.17, 15) is 18.3 Å². The lowest BCUT2D eigenvalue weighted by Gasteiger charge is -2.25. The van der Waals surface area contributed by atoms with Crippen molar-refractivity contribution in [2.75, 3.05) is 18.5 Å². The molecule has 1 aliphatic heterocycles. The second-order valence-corrected chi connectivity index (χ2v) is 9.46. The molecule has 5 rings (SSSR count). The molecule has 2 N–H and O–H groups in total. The van der Waals surface area contributed by atoms with Crippen LogP contribution in [0.5, 0.6) is 0 Å². The van der Waals surface area contributed by atoms with E-state index in [1.54, 1.807) is 10.7 Å². The van der Waals surface area contributed by atoms with Crippen molar-refractivity contribution in [3.8, 4) is 11.1 Å². The average molecular weight is 479 g/mol. The molecule has 0 spiro atoms. The number of hydrogen-bond acceptors (Lipinski definition) is 6. The molecule has 0 aromatic carbocycles. The normalized spacial score (nSPS) is 24.6. The van der Waals surface area contributed by atoms with E-state index in [-0.39, 0.29) is 24.0 Å². The standard InChI is InChI=1S/C23H29F3N6O2/c1-14(9-23(24,25)26)29-22-27-11-21-19(16-10-28-31(12-16)17-6-7-34-13-17)8-20(32(21)30-22)15-2-4-18(33)5-3-15/h8,10-12,14-15,17-18,33H,2-7,9,13H2,1H3,(H,29,30)/t14-,15-,17-,18-/m0/s1. The summed E-state index contributed by atoms with van der Waals surface area (Å²) >= 11 is 0. The van der Waals surface area contributed by atoms with Crippen molar-refractivity contribution in [3.05, 3.63) is 30.4 Å². The van der Waals surface area contributed by atoms with Crippen molar-refractivity contribution >= 4 is 11.5 Å². The number of alkyl halides is 3. The zero-order valence-electron chi connectivity index (χ0n) is 19.0. The van der Waals surface area contributed by atoms with Crippen molar-refractivity contribution < 1.29 is 23.0 Å². The topological polar surface area (TPSA) is 89.5 Å². The van der Waals surface area contributed by atoms with Gasteiger partial charge in [0.25, 0.3) is 0 Å². The Labute approximate surface area is 195 Å². The molecular formula is C23H29F3N6O2. The Morgan fingerprint density at radius 2 is 2.00 bits per heavy atom. The largest absolute Gasteiger partial charge is 0.393 e. The van der Waals surface area contributed by atoms with Gasteiger partial charge in [0.1, 0.15) is 0 Å². The van der Waals surface area contributed by atoms with E-state index in [1.165, 1.54) is 6.92 Å². The summed E-state index contributed by atoms with van der Waals surface area (Å²) in [6.45, 7) is 2.83. The van der Waals surface area contributed by atoms with Crippen LogP contribution < -0.4 is 5.32 Å². The third-order valence-corrected chi connectivity index (χ3v) is 6.77. The van der Waals surface area contributed by atoms with Gasteiger partial charge in [-0.1, -0.05) is 0 Å². The van der Waals surface area contributed by atoms with Crippen LogP contribution in [0, 0.1) is 0 Å². The molecule has 1 saturated heterocycles. The molecule has 11 heteroatoms. The first-order valence-electron chi connectivity index (χ1n) is 11.8. The lowest BCUT2D eigenvalue weighted by molar-refractivity contribution is -0.136. The molecule has 2 aliphatic rings. The van der Waals surface area contributed by atoms with E-state index >= 15 is 0 Å². The second kappa shape index (κ2) is 9.18. The lowest BCUT2D eigenvalue weighted by Crippen LogP contribution is -2.25. The zero-order chi connectivity index (χ0) is 23.9. The summed E-state index contributed by atoms with van der Waals surface area (Å²) in [6.07, 6.45) is 3.94. The maximum absolute atomic E-state index is 12.8. The predicted molar refractivity (Wildman–Crippen MR) is 120 cm³/mol. The summed E-state index contributed by atoms with van der Waals surface area (Å²) in [4.78, 5) is 4.32. The van der Waals surface area contributed by atoms with Gasteiger partial charge < -0.3 is 15.2 Å². The number of aliphatic hydroxyl groups is 1. The molecule has 0 unspecified atom stereocenters.